The fourth-order valence-electron chi connectivity index (χ4n) is 12.0. The molecule has 1 aliphatic heterocycles. The Kier molecular flexibility index (Phi) is 8.63. The van der Waals surface area contributed by atoms with E-state index in [1.54, 1.807) is 0 Å². The minimum absolute atomic E-state index is 0.534. The fraction of sp³-hybridized carbons (Fsp3) is 0.0462. The van der Waals surface area contributed by atoms with Gasteiger partial charge in [-0.05, 0) is 136 Å². The molecule has 3 heteroatoms. The van der Waals surface area contributed by atoms with Gasteiger partial charge in [-0.1, -0.05) is 176 Å². The van der Waals surface area contributed by atoms with E-state index >= 15 is 0 Å². The number of anilines is 5. The van der Waals surface area contributed by atoms with Gasteiger partial charge in [-0.25, -0.2) is 0 Å². The topological polar surface area (TPSA) is 11.4 Å². The molecule has 0 saturated carbocycles. The van der Waals surface area contributed by atoms with Crippen LogP contribution in [0.5, 0.6) is 0 Å². The summed E-state index contributed by atoms with van der Waals surface area (Å²) in [4.78, 5) is 4.83. The van der Waals surface area contributed by atoms with E-state index in [2.05, 4.69) is 263 Å². The van der Waals surface area contributed by atoms with Crippen LogP contribution in [0.4, 0.5) is 28.4 Å². The molecule has 3 nitrogen and oxygen atoms in total. The van der Waals surface area contributed by atoms with E-state index in [1.807, 2.05) is 0 Å². The van der Waals surface area contributed by atoms with Crippen LogP contribution in [0.3, 0.4) is 0 Å². The van der Waals surface area contributed by atoms with Crippen LogP contribution in [0.15, 0.2) is 249 Å². The molecular formula is C65H45N3. The second-order valence-corrected chi connectivity index (χ2v) is 18.3. The summed E-state index contributed by atoms with van der Waals surface area (Å²) < 4.78 is 2.52. The van der Waals surface area contributed by atoms with E-state index in [0.717, 1.165) is 41.3 Å². The van der Waals surface area contributed by atoms with Crippen LogP contribution in [-0.4, -0.2) is 4.57 Å². The standard InChI is InChI=1S/C65H45N3/c1-3-19-47(20-4-1)66(49-37-33-44(34-38-49)45-35-39-50(40-36-45)67(48-21-5-2-6-22-48)61-32-15-18-46-17-7-8-23-52(46)61)51-41-42-54-53-24-9-11-27-57(53)65(60(54)43-51)58-28-12-14-31-63(58)68-62-30-13-10-25-55(62)56-26-16-29-59(65)64(56)68/h1-14,16-17,19-43H,15,18H2. The summed E-state index contributed by atoms with van der Waals surface area (Å²) in [7, 11) is 0. The SMILES string of the molecule is C1=C(N(c2ccccc2)c2ccc(-c3ccc(N(c4ccccc4)c4ccc5c(c4)C4(c6ccccc6-5)c5ccccc5-n5c6ccccc6c6cccc4c65)cc3)cc2)c2ccccc2CC1. The van der Waals surface area contributed by atoms with Crippen molar-refractivity contribution in [1.82, 2.24) is 4.57 Å². The smallest absolute Gasteiger partial charge is 0.0755 e. The summed E-state index contributed by atoms with van der Waals surface area (Å²) in [5.74, 6) is 0. The van der Waals surface area contributed by atoms with Gasteiger partial charge >= 0.3 is 0 Å². The zero-order valence-electron chi connectivity index (χ0n) is 37.4. The quantitative estimate of drug-likeness (QED) is 0.158. The Hall–Kier alpha value is -8.66. The molecule has 2 heterocycles. The fourth-order valence-corrected chi connectivity index (χ4v) is 12.0. The van der Waals surface area contributed by atoms with Gasteiger partial charge in [0.05, 0.1) is 22.1 Å². The van der Waals surface area contributed by atoms with Gasteiger partial charge in [0.15, 0.2) is 0 Å². The summed E-state index contributed by atoms with van der Waals surface area (Å²) >= 11 is 0. The Morgan fingerprint density at radius 3 is 1.68 bits per heavy atom. The maximum atomic E-state index is 2.52. The lowest BCUT2D eigenvalue weighted by Crippen LogP contribution is -2.33. The van der Waals surface area contributed by atoms with Crippen molar-refractivity contribution in [2.75, 3.05) is 9.80 Å². The number of aryl methyl sites for hydroxylation is 1. The molecule has 14 rings (SSSR count). The van der Waals surface area contributed by atoms with Gasteiger partial charge in [0.1, 0.15) is 0 Å². The molecule has 3 aliphatic rings. The second kappa shape index (κ2) is 15.2. The summed E-state index contributed by atoms with van der Waals surface area (Å²) in [6, 6.07) is 89.9. The molecule has 11 aromatic rings. The van der Waals surface area contributed by atoms with E-state index in [0.29, 0.717) is 0 Å². The molecule has 0 fully saturated rings. The van der Waals surface area contributed by atoms with E-state index in [-0.39, 0.29) is 0 Å². The maximum Gasteiger partial charge on any atom is 0.0755 e. The number of benzene rings is 10. The molecule has 1 aromatic heterocycles. The Labute approximate surface area is 396 Å². The first-order valence-electron chi connectivity index (χ1n) is 23.8. The van der Waals surface area contributed by atoms with Crippen molar-refractivity contribution in [3.05, 3.63) is 282 Å². The molecule has 320 valence electrons. The second-order valence-electron chi connectivity index (χ2n) is 18.3. The van der Waals surface area contributed by atoms with Crippen molar-refractivity contribution < 1.29 is 0 Å². The minimum atomic E-state index is -0.534. The van der Waals surface area contributed by atoms with Crippen molar-refractivity contribution in [3.8, 4) is 27.9 Å². The lowest BCUT2D eigenvalue weighted by Gasteiger charge is -2.40. The average molecular weight is 868 g/mol. The third kappa shape index (κ3) is 5.60. The van der Waals surface area contributed by atoms with Crippen molar-refractivity contribution in [2.24, 2.45) is 0 Å². The molecule has 0 radical (unpaired) electrons. The highest BCUT2D eigenvalue weighted by molar-refractivity contribution is 6.13. The molecule has 68 heavy (non-hydrogen) atoms. The van der Waals surface area contributed by atoms with Crippen molar-refractivity contribution in [2.45, 2.75) is 18.3 Å². The molecule has 0 saturated heterocycles. The van der Waals surface area contributed by atoms with Gasteiger partial charge in [-0.15, -0.1) is 0 Å². The van der Waals surface area contributed by atoms with Crippen LogP contribution in [0.2, 0.25) is 0 Å². The summed E-state index contributed by atoms with van der Waals surface area (Å²) in [6.07, 6.45) is 4.49. The zero-order chi connectivity index (χ0) is 44.8. The highest BCUT2D eigenvalue weighted by atomic mass is 15.2. The molecule has 0 N–H and O–H groups in total. The van der Waals surface area contributed by atoms with Gasteiger partial charge in [-0.3, -0.25) is 0 Å². The van der Waals surface area contributed by atoms with Gasteiger partial charge in [0, 0.05) is 50.5 Å². The van der Waals surface area contributed by atoms with Crippen LogP contribution >= 0.6 is 0 Å². The number of aromatic nitrogens is 1. The Bertz CT molecular complexity index is 3790. The Balaban J connectivity index is 0.888. The van der Waals surface area contributed by atoms with Gasteiger partial charge < -0.3 is 14.4 Å². The number of rotatable bonds is 7. The van der Waals surface area contributed by atoms with E-state index in [4.69, 9.17) is 0 Å². The monoisotopic (exact) mass is 867 g/mol. The van der Waals surface area contributed by atoms with Crippen LogP contribution in [0.25, 0.3) is 55.4 Å². The van der Waals surface area contributed by atoms with Crippen molar-refractivity contribution in [3.63, 3.8) is 0 Å². The molecule has 10 aromatic carbocycles. The number of allylic oxidation sites excluding steroid dienone is 1. The first-order chi connectivity index (χ1) is 33.8. The minimum Gasteiger partial charge on any atom is -0.310 e. The van der Waals surface area contributed by atoms with E-state index < -0.39 is 5.41 Å². The number of para-hydroxylation sites is 5. The Morgan fingerprint density at radius 2 is 0.912 bits per heavy atom. The highest BCUT2D eigenvalue weighted by Crippen LogP contribution is 2.61. The van der Waals surface area contributed by atoms with E-state index in [9.17, 15) is 0 Å². The predicted molar refractivity (Wildman–Crippen MR) is 283 cm³/mol. The lowest BCUT2D eigenvalue weighted by atomic mass is 9.65. The van der Waals surface area contributed by atoms with Crippen LogP contribution in [0, 0.1) is 0 Å². The number of hydrogen-bond acceptors (Lipinski definition) is 2. The van der Waals surface area contributed by atoms with Crippen molar-refractivity contribution in [1.29, 1.82) is 0 Å². The van der Waals surface area contributed by atoms with Gasteiger partial charge in [0.2, 0.25) is 0 Å². The third-order valence-corrected chi connectivity index (χ3v) is 14.8. The van der Waals surface area contributed by atoms with Crippen LogP contribution < -0.4 is 9.80 Å². The summed E-state index contributed by atoms with van der Waals surface area (Å²) in [5, 5.41) is 2.57. The molecule has 2 aliphatic carbocycles. The zero-order valence-corrected chi connectivity index (χ0v) is 37.4. The van der Waals surface area contributed by atoms with Gasteiger partial charge in [-0.2, -0.15) is 0 Å². The first-order valence-corrected chi connectivity index (χ1v) is 23.8. The normalized spacial score (nSPS) is 15.1. The average Bonchev–Trinajstić information content (AvgIpc) is 3.90. The van der Waals surface area contributed by atoms with Gasteiger partial charge in [0.25, 0.3) is 0 Å². The van der Waals surface area contributed by atoms with Crippen molar-refractivity contribution >= 4 is 55.9 Å². The third-order valence-electron chi connectivity index (χ3n) is 14.8. The summed E-state index contributed by atoms with van der Waals surface area (Å²) in [5.41, 5.74) is 23.0. The largest absolute Gasteiger partial charge is 0.310 e. The summed E-state index contributed by atoms with van der Waals surface area (Å²) in [6.45, 7) is 0. The molecular weight excluding hydrogens is 823 g/mol. The number of nitrogens with zero attached hydrogens (tertiary/aromatic N) is 3. The molecule has 1 spiro atoms. The first kappa shape index (κ1) is 38.6. The highest BCUT2D eigenvalue weighted by Gasteiger charge is 2.51. The maximum absolute atomic E-state index is 2.52. The Morgan fingerprint density at radius 1 is 0.368 bits per heavy atom. The van der Waals surface area contributed by atoms with E-state index in [1.165, 1.54) is 88.8 Å². The van der Waals surface area contributed by atoms with Crippen LogP contribution in [0.1, 0.15) is 39.8 Å². The number of fused-ring (bicyclic) bond motifs is 13. The molecule has 0 amide bonds. The number of hydrogen-bond donors (Lipinski definition) is 0. The van der Waals surface area contributed by atoms with Crippen LogP contribution in [-0.2, 0) is 11.8 Å². The molecule has 0 bridgehead atoms. The lowest BCUT2D eigenvalue weighted by molar-refractivity contribution is 0.748. The molecule has 1 unspecified atom stereocenters. The predicted octanol–water partition coefficient (Wildman–Crippen LogP) is 16.7. The molecule has 1 atom stereocenters.